The zero-order valence-electron chi connectivity index (χ0n) is 19.8. The fourth-order valence-corrected chi connectivity index (χ4v) is 5.75. The molecule has 32 heavy (non-hydrogen) atoms. The van der Waals surface area contributed by atoms with Crippen molar-refractivity contribution < 1.29 is 9.13 Å². The molecule has 2 aromatic carbocycles. The summed E-state index contributed by atoms with van der Waals surface area (Å²) in [6, 6.07) is 12.6. The molecule has 1 atom stereocenters. The van der Waals surface area contributed by atoms with E-state index in [-0.39, 0.29) is 11.7 Å². The molecule has 4 rings (SSSR count). The number of halogens is 1. The molecule has 0 spiro atoms. The molecule has 0 aliphatic heterocycles. The van der Waals surface area contributed by atoms with Gasteiger partial charge in [0.1, 0.15) is 11.6 Å². The molecule has 2 aromatic rings. The second-order valence-corrected chi connectivity index (χ2v) is 9.94. The lowest BCUT2D eigenvalue weighted by Gasteiger charge is -2.30. The van der Waals surface area contributed by atoms with Crippen LogP contribution in [0.2, 0.25) is 0 Å². The summed E-state index contributed by atoms with van der Waals surface area (Å²) >= 11 is 0. The van der Waals surface area contributed by atoms with Gasteiger partial charge in [-0.1, -0.05) is 50.5 Å². The normalized spacial score (nSPS) is 22.9. The summed E-state index contributed by atoms with van der Waals surface area (Å²) in [6.45, 7) is 6.69. The van der Waals surface area contributed by atoms with Crippen molar-refractivity contribution in [3.63, 3.8) is 0 Å². The highest BCUT2D eigenvalue weighted by molar-refractivity contribution is 5.40. The third kappa shape index (κ3) is 5.63. The highest BCUT2D eigenvalue weighted by Gasteiger charge is 2.26. The number of hydrogen-bond donors (Lipinski definition) is 0. The van der Waals surface area contributed by atoms with E-state index in [4.69, 9.17) is 4.74 Å². The first kappa shape index (κ1) is 23.1. The van der Waals surface area contributed by atoms with Gasteiger partial charge >= 0.3 is 0 Å². The standard InChI is InChI=1S/C30H39FO/c1-3-5-7-22-8-10-23(11-9-22)26-15-17-29(30(31)21-26)27-13-12-25-20-28(32-18-6-4-2)16-14-24(25)19-27/h4,14-17,20-23,27H,2-3,5-13,18-19H2,1H3. The largest absolute Gasteiger partial charge is 0.493 e. The van der Waals surface area contributed by atoms with E-state index in [9.17, 15) is 0 Å². The summed E-state index contributed by atoms with van der Waals surface area (Å²) in [6.07, 6.45) is 14.7. The highest BCUT2D eigenvalue weighted by atomic mass is 19.1. The fraction of sp³-hybridized carbons (Fsp3) is 0.533. The Morgan fingerprint density at radius 1 is 1.00 bits per heavy atom. The lowest BCUT2D eigenvalue weighted by Crippen LogP contribution is -2.16. The van der Waals surface area contributed by atoms with E-state index >= 15 is 4.39 Å². The Morgan fingerprint density at radius 2 is 1.84 bits per heavy atom. The number of rotatable bonds is 9. The Kier molecular flexibility index (Phi) is 8.05. The molecule has 1 fully saturated rings. The van der Waals surface area contributed by atoms with Crippen LogP contribution in [0.25, 0.3) is 0 Å². The smallest absolute Gasteiger partial charge is 0.126 e. The molecule has 0 bridgehead atoms. The van der Waals surface area contributed by atoms with E-state index in [0.29, 0.717) is 12.5 Å². The molecule has 1 nitrogen and oxygen atoms in total. The first-order chi connectivity index (χ1) is 15.7. The molecule has 0 amide bonds. The fourth-order valence-electron chi connectivity index (χ4n) is 5.75. The second kappa shape index (κ2) is 11.2. The van der Waals surface area contributed by atoms with Crippen molar-refractivity contribution in [2.24, 2.45) is 5.92 Å². The van der Waals surface area contributed by atoms with Crippen LogP contribution in [0.3, 0.4) is 0 Å². The van der Waals surface area contributed by atoms with Crippen molar-refractivity contribution >= 4 is 0 Å². The summed E-state index contributed by atoms with van der Waals surface area (Å²) < 4.78 is 21.0. The molecule has 172 valence electrons. The van der Waals surface area contributed by atoms with Crippen molar-refractivity contribution in [3.05, 3.63) is 77.1 Å². The molecule has 2 heteroatoms. The minimum atomic E-state index is 0.00781. The molecular weight excluding hydrogens is 395 g/mol. The average molecular weight is 435 g/mol. The maximum Gasteiger partial charge on any atom is 0.126 e. The van der Waals surface area contributed by atoms with Gasteiger partial charge in [0.15, 0.2) is 0 Å². The van der Waals surface area contributed by atoms with Crippen LogP contribution >= 0.6 is 0 Å². The van der Waals surface area contributed by atoms with Gasteiger partial charge in [-0.05, 0) is 110 Å². The Morgan fingerprint density at radius 3 is 2.59 bits per heavy atom. The van der Waals surface area contributed by atoms with E-state index in [1.54, 1.807) is 0 Å². The van der Waals surface area contributed by atoms with Gasteiger partial charge in [0.2, 0.25) is 0 Å². The quantitative estimate of drug-likeness (QED) is 0.284. The van der Waals surface area contributed by atoms with Gasteiger partial charge in [-0.2, -0.15) is 0 Å². The van der Waals surface area contributed by atoms with Crippen LogP contribution in [0.15, 0.2) is 49.1 Å². The first-order valence-electron chi connectivity index (χ1n) is 12.8. The summed E-state index contributed by atoms with van der Waals surface area (Å²) in [4.78, 5) is 0. The second-order valence-electron chi connectivity index (χ2n) is 9.94. The minimum Gasteiger partial charge on any atom is -0.493 e. The average Bonchev–Trinajstić information content (AvgIpc) is 2.83. The molecule has 0 N–H and O–H groups in total. The van der Waals surface area contributed by atoms with Gasteiger partial charge in [-0.15, -0.1) is 6.58 Å². The van der Waals surface area contributed by atoms with E-state index in [2.05, 4.69) is 43.8 Å². The zero-order chi connectivity index (χ0) is 22.3. The van der Waals surface area contributed by atoms with Crippen LogP contribution in [0.5, 0.6) is 5.75 Å². The summed E-state index contributed by atoms with van der Waals surface area (Å²) in [7, 11) is 0. The van der Waals surface area contributed by atoms with Crippen LogP contribution in [-0.2, 0) is 12.8 Å². The van der Waals surface area contributed by atoms with Crippen LogP contribution in [0.1, 0.15) is 98.8 Å². The summed E-state index contributed by atoms with van der Waals surface area (Å²) in [5.74, 6) is 2.65. The Labute approximate surface area is 194 Å². The number of benzene rings is 2. The Hall–Kier alpha value is -2.09. The van der Waals surface area contributed by atoms with Crippen molar-refractivity contribution in [1.29, 1.82) is 0 Å². The topological polar surface area (TPSA) is 9.23 Å². The van der Waals surface area contributed by atoms with E-state index in [1.807, 2.05) is 12.1 Å². The van der Waals surface area contributed by atoms with E-state index in [0.717, 1.165) is 42.9 Å². The van der Waals surface area contributed by atoms with Crippen molar-refractivity contribution in [2.75, 3.05) is 6.61 Å². The molecule has 0 saturated heterocycles. The number of aryl methyl sites for hydroxylation is 1. The predicted molar refractivity (Wildman–Crippen MR) is 132 cm³/mol. The molecule has 0 heterocycles. The number of hydrogen-bond acceptors (Lipinski definition) is 1. The third-order valence-corrected chi connectivity index (χ3v) is 7.75. The van der Waals surface area contributed by atoms with Gasteiger partial charge in [0.25, 0.3) is 0 Å². The van der Waals surface area contributed by atoms with Gasteiger partial charge < -0.3 is 4.74 Å². The molecular formula is C30H39FO. The predicted octanol–water partition coefficient (Wildman–Crippen LogP) is 8.52. The maximum absolute atomic E-state index is 15.2. The maximum atomic E-state index is 15.2. The minimum absolute atomic E-state index is 0.00781. The lowest BCUT2D eigenvalue weighted by molar-refractivity contribution is 0.304. The van der Waals surface area contributed by atoms with Crippen LogP contribution in [0.4, 0.5) is 4.39 Å². The SMILES string of the molecule is C=CCCOc1ccc2c(c1)CCC(c1ccc(C3CCC(CCCC)CC3)cc1F)C2. The summed E-state index contributed by atoms with van der Waals surface area (Å²) in [5, 5.41) is 0. The molecule has 0 aromatic heterocycles. The number of unbranched alkanes of at least 4 members (excludes halogenated alkanes) is 1. The monoisotopic (exact) mass is 434 g/mol. The van der Waals surface area contributed by atoms with Crippen LogP contribution in [0, 0.1) is 11.7 Å². The van der Waals surface area contributed by atoms with Gasteiger partial charge in [0.05, 0.1) is 6.61 Å². The third-order valence-electron chi connectivity index (χ3n) is 7.75. The molecule has 2 aliphatic rings. The van der Waals surface area contributed by atoms with Crippen molar-refractivity contribution in [1.82, 2.24) is 0 Å². The van der Waals surface area contributed by atoms with Gasteiger partial charge in [0, 0.05) is 0 Å². The Balaban J connectivity index is 1.37. The lowest BCUT2D eigenvalue weighted by atomic mass is 9.76. The summed E-state index contributed by atoms with van der Waals surface area (Å²) in [5.41, 5.74) is 4.82. The molecule has 2 aliphatic carbocycles. The van der Waals surface area contributed by atoms with Gasteiger partial charge in [-0.3, -0.25) is 0 Å². The van der Waals surface area contributed by atoms with Crippen LogP contribution in [-0.4, -0.2) is 6.61 Å². The molecule has 0 radical (unpaired) electrons. The van der Waals surface area contributed by atoms with Crippen molar-refractivity contribution in [3.8, 4) is 5.75 Å². The molecule has 1 saturated carbocycles. The first-order valence-corrected chi connectivity index (χ1v) is 12.8. The number of ether oxygens (including phenoxy) is 1. The number of fused-ring (bicyclic) bond motifs is 1. The van der Waals surface area contributed by atoms with Gasteiger partial charge in [-0.25, -0.2) is 4.39 Å². The van der Waals surface area contributed by atoms with Crippen LogP contribution < -0.4 is 4.74 Å². The molecule has 1 unspecified atom stereocenters. The zero-order valence-corrected chi connectivity index (χ0v) is 19.8. The Bertz CT molecular complexity index is 894. The highest BCUT2D eigenvalue weighted by Crippen LogP contribution is 2.40. The van der Waals surface area contributed by atoms with Crippen molar-refractivity contribution in [2.45, 2.75) is 89.4 Å². The van der Waals surface area contributed by atoms with E-state index < -0.39 is 0 Å². The van der Waals surface area contributed by atoms with E-state index in [1.165, 1.54) is 61.6 Å².